The number of nitriles is 1. The highest BCUT2D eigenvalue weighted by Crippen LogP contribution is 2.35. The van der Waals surface area contributed by atoms with Gasteiger partial charge in [0.05, 0.1) is 18.5 Å². The van der Waals surface area contributed by atoms with Crippen LogP contribution in [0.1, 0.15) is 27.7 Å². The molecule has 2 rings (SSSR count). The number of aromatic nitrogens is 2. The van der Waals surface area contributed by atoms with Crippen molar-refractivity contribution < 1.29 is 9.53 Å². The van der Waals surface area contributed by atoms with Crippen LogP contribution in [0.2, 0.25) is 0 Å². The van der Waals surface area contributed by atoms with Crippen LogP contribution in [0.3, 0.4) is 0 Å². The van der Waals surface area contributed by atoms with E-state index in [4.69, 9.17) is 10.5 Å². The molecule has 0 aliphatic heterocycles. The minimum absolute atomic E-state index is 0.162. The molecule has 0 atom stereocenters. The first-order valence-electron chi connectivity index (χ1n) is 6.27. The molecule has 2 heterocycles. The Kier molecular flexibility index (Phi) is 4.45. The van der Waals surface area contributed by atoms with Gasteiger partial charge in [-0.05, 0) is 6.92 Å². The highest BCUT2D eigenvalue weighted by Gasteiger charge is 2.21. The van der Waals surface area contributed by atoms with Crippen molar-refractivity contribution in [2.24, 2.45) is 7.05 Å². The topological polar surface area (TPSA) is 106 Å². The van der Waals surface area contributed by atoms with E-state index in [-0.39, 0.29) is 22.7 Å². The predicted octanol–water partition coefficient (Wildman–Crippen LogP) is 1.72. The van der Waals surface area contributed by atoms with E-state index < -0.39 is 5.97 Å². The molecule has 0 aliphatic carbocycles. The van der Waals surface area contributed by atoms with Gasteiger partial charge in [0, 0.05) is 25.4 Å². The third kappa shape index (κ3) is 3.14. The monoisotopic (exact) mass is 305 g/mol. The number of carbonyl (C=O) groups excluding carboxylic acids is 1. The van der Waals surface area contributed by atoms with Crippen LogP contribution in [0.4, 0.5) is 10.7 Å². The van der Waals surface area contributed by atoms with Gasteiger partial charge < -0.3 is 15.8 Å². The van der Waals surface area contributed by atoms with Crippen LogP contribution in [0.25, 0.3) is 0 Å². The van der Waals surface area contributed by atoms with Gasteiger partial charge in [-0.1, -0.05) is 0 Å². The van der Waals surface area contributed by atoms with Crippen molar-refractivity contribution in [1.82, 2.24) is 9.78 Å². The molecular weight excluding hydrogens is 290 g/mol. The van der Waals surface area contributed by atoms with Crippen LogP contribution in [-0.2, 0) is 18.3 Å². The van der Waals surface area contributed by atoms with E-state index in [1.165, 1.54) is 0 Å². The Labute approximate surface area is 125 Å². The molecule has 0 saturated heterocycles. The maximum absolute atomic E-state index is 11.8. The lowest BCUT2D eigenvalue weighted by atomic mass is 10.2. The summed E-state index contributed by atoms with van der Waals surface area (Å²) in [5.41, 5.74) is 7.25. The molecule has 2 aromatic rings. The van der Waals surface area contributed by atoms with Crippen LogP contribution in [-0.4, -0.2) is 22.4 Å². The summed E-state index contributed by atoms with van der Waals surface area (Å²) >= 11 is 1.12. The van der Waals surface area contributed by atoms with Gasteiger partial charge in [0.15, 0.2) is 0 Å². The Hall–Kier alpha value is -2.53. The SMILES string of the molecule is CCOC(=O)c1sc(NCc2cnn(C)c2)c(C#N)c1N. The largest absolute Gasteiger partial charge is 0.462 e. The second-order valence-electron chi connectivity index (χ2n) is 4.26. The number of carbonyl (C=O) groups is 1. The van der Waals surface area contributed by atoms with Crippen molar-refractivity contribution in [2.45, 2.75) is 13.5 Å². The fourth-order valence-electron chi connectivity index (χ4n) is 1.77. The number of esters is 1. The number of hydrogen-bond acceptors (Lipinski definition) is 7. The Morgan fingerprint density at radius 1 is 1.67 bits per heavy atom. The Bertz CT molecular complexity index is 698. The van der Waals surface area contributed by atoms with Crippen molar-refractivity contribution >= 4 is 28.0 Å². The molecule has 0 amide bonds. The number of rotatable bonds is 5. The van der Waals surface area contributed by atoms with Crippen LogP contribution in [0.15, 0.2) is 12.4 Å². The summed E-state index contributed by atoms with van der Waals surface area (Å²) in [6.07, 6.45) is 3.59. The fraction of sp³-hybridized carbons (Fsp3) is 0.308. The minimum Gasteiger partial charge on any atom is -0.462 e. The molecule has 7 nitrogen and oxygen atoms in total. The van der Waals surface area contributed by atoms with E-state index in [1.807, 2.05) is 19.3 Å². The standard InChI is InChI=1S/C13H15N5O2S/c1-3-20-13(19)11-10(15)9(4-14)12(21-11)16-5-8-6-17-18(2)7-8/h6-7,16H,3,5,15H2,1-2H3. The van der Waals surface area contributed by atoms with Crippen molar-refractivity contribution in [1.29, 1.82) is 5.26 Å². The van der Waals surface area contributed by atoms with Gasteiger partial charge in [0.1, 0.15) is 21.5 Å². The molecular formula is C13H15N5O2S. The third-order valence-corrected chi connectivity index (χ3v) is 3.87. The van der Waals surface area contributed by atoms with Crippen molar-refractivity contribution in [3.05, 3.63) is 28.4 Å². The summed E-state index contributed by atoms with van der Waals surface area (Å²) in [6, 6.07) is 2.02. The number of anilines is 2. The molecule has 3 N–H and O–H groups in total. The van der Waals surface area contributed by atoms with Crippen LogP contribution in [0, 0.1) is 11.3 Å². The molecule has 2 aromatic heterocycles. The lowest BCUT2D eigenvalue weighted by Crippen LogP contribution is -2.05. The van der Waals surface area contributed by atoms with Gasteiger partial charge in [-0.3, -0.25) is 4.68 Å². The molecule has 0 bridgehead atoms. The van der Waals surface area contributed by atoms with E-state index in [0.717, 1.165) is 16.9 Å². The first kappa shape index (κ1) is 14.9. The number of hydrogen-bond donors (Lipinski definition) is 2. The molecule has 0 aromatic carbocycles. The zero-order valence-electron chi connectivity index (χ0n) is 11.7. The van der Waals surface area contributed by atoms with Gasteiger partial charge in [-0.2, -0.15) is 10.4 Å². The van der Waals surface area contributed by atoms with E-state index >= 15 is 0 Å². The van der Waals surface area contributed by atoms with Crippen LogP contribution < -0.4 is 11.1 Å². The molecule has 0 saturated carbocycles. The lowest BCUT2D eigenvalue weighted by molar-refractivity contribution is 0.0533. The number of ether oxygens (including phenoxy) is 1. The van der Waals surface area contributed by atoms with Gasteiger partial charge in [-0.15, -0.1) is 11.3 Å². The van der Waals surface area contributed by atoms with E-state index in [9.17, 15) is 10.1 Å². The molecule has 0 spiro atoms. The van der Waals surface area contributed by atoms with Gasteiger partial charge >= 0.3 is 5.97 Å². The number of nitrogens with one attached hydrogen (secondary N) is 1. The predicted molar refractivity (Wildman–Crippen MR) is 79.9 cm³/mol. The highest BCUT2D eigenvalue weighted by atomic mass is 32.1. The number of nitrogens with two attached hydrogens (primary N) is 1. The van der Waals surface area contributed by atoms with E-state index in [1.54, 1.807) is 17.8 Å². The summed E-state index contributed by atoms with van der Waals surface area (Å²) in [4.78, 5) is 12.0. The second kappa shape index (κ2) is 6.28. The molecule has 0 radical (unpaired) electrons. The van der Waals surface area contributed by atoms with Gasteiger partial charge in [0.2, 0.25) is 0 Å². The van der Waals surface area contributed by atoms with E-state index in [0.29, 0.717) is 11.5 Å². The summed E-state index contributed by atoms with van der Waals surface area (Å²) in [6.45, 7) is 2.47. The number of aryl methyl sites for hydroxylation is 1. The number of nitrogens with zero attached hydrogens (tertiary/aromatic N) is 3. The molecule has 21 heavy (non-hydrogen) atoms. The third-order valence-electron chi connectivity index (χ3n) is 2.73. The average molecular weight is 305 g/mol. The molecule has 0 aliphatic rings. The summed E-state index contributed by atoms with van der Waals surface area (Å²) in [5.74, 6) is -0.508. The first-order valence-corrected chi connectivity index (χ1v) is 7.09. The normalized spacial score (nSPS) is 10.1. The smallest absolute Gasteiger partial charge is 0.350 e. The van der Waals surface area contributed by atoms with Crippen molar-refractivity contribution in [3.8, 4) is 6.07 Å². The summed E-state index contributed by atoms with van der Waals surface area (Å²) < 4.78 is 6.62. The second-order valence-corrected chi connectivity index (χ2v) is 5.28. The summed E-state index contributed by atoms with van der Waals surface area (Å²) in [7, 11) is 1.83. The van der Waals surface area contributed by atoms with Crippen molar-refractivity contribution in [3.63, 3.8) is 0 Å². The van der Waals surface area contributed by atoms with Gasteiger partial charge in [-0.25, -0.2) is 4.79 Å². The average Bonchev–Trinajstić information content (AvgIpc) is 3.00. The van der Waals surface area contributed by atoms with Crippen LogP contribution >= 0.6 is 11.3 Å². The van der Waals surface area contributed by atoms with Gasteiger partial charge in [0.25, 0.3) is 0 Å². The first-order chi connectivity index (χ1) is 10.1. The summed E-state index contributed by atoms with van der Waals surface area (Å²) in [5, 5.41) is 16.9. The quantitative estimate of drug-likeness (QED) is 0.815. The molecule has 0 fully saturated rings. The molecule has 8 heteroatoms. The zero-order valence-corrected chi connectivity index (χ0v) is 12.5. The highest BCUT2D eigenvalue weighted by molar-refractivity contribution is 7.18. The minimum atomic E-state index is -0.508. The molecule has 0 unspecified atom stereocenters. The maximum atomic E-state index is 11.8. The Morgan fingerprint density at radius 2 is 2.43 bits per heavy atom. The molecule has 110 valence electrons. The lowest BCUT2D eigenvalue weighted by Gasteiger charge is -2.01. The Balaban J connectivity index is 2.21. The zero-order chi connectivity index (χ0) is 15.4. The van der Waals surface area contributed by atoms with E-state index in [2.05, 4.69) is 10.4 Å². The fourth-order valence-corrected chi connectivity index (χ4v) is 2.73. The number of thiophene rings is 1. The Morgan fingerprint density at radius 3 is 3.00 bits per heavy atom. The van der Waals surface area contributed by atoms with Crippen LogP contribution in [0.5, 0.6) is 0 Å². The van der Waals surface area contributed by atoms with Crippen molar-refractivity contribution in [2.75, 3.05) is 17.7 Å². The number of nitrogen functional groups attached to an aromatic ring is 1. The maximum Gasteiger partial charge on any atom is 0.350 e.